The molecule has 3 aromatic carbocycles. The molecule has 9 nitrogen and oxygen atoms in total. The Labute approximate surface area is 256 Å². The van der Waals surface area contributed by atoms with Crippen molar-refractivity contribution in [3.8, 4) is 11.5 Å². The van der Waals surface area contributed by atoms with Crippen molar-refractivity contribution in [1.82, 2.24) is 10.2 Å². The number of halogens is 2. The Balaban J connectivity index is 1.74. The minimum Gasteiger partial charge on any atom is -0.486 e. The van der Waals surface area contributed by atoms with Gasteiger partial charge in [0.25, 0.3) is 10.0 Å². The van der Waals surface area contributed by atoms with E-state index < -0.39 is 34.3 Å². The normalized spacial score (nSPS) is 13.3. The maximum absolute atomic E-state index is 14.1. The van der Waals surface area contributed by atoms with Crippen molar-refractivity contribution in [2.24, 2.45) is 5.92 Å². The Kier molecular flexibility index (Phi) is 10.5. The van der Waals surface area contributed by atoms with Crippen LogP contribution < -0.4 is 19.1 Å². The summed E-state index contributed by atoms with van der Waals surface area (Å²) in [5.74, 6) is -0.736. The number of fused-ring (bicyclic) bond motifs is 1. The number of benzene rings is 3. The third-order valence-electron chi connectivity index (χ3n) is 6.86. The van der Waals surface area contributed by atoms with E-state index in [-0.39, 0.29) is 47.7 Å². The molecule has 12 heteroatoms. The van der Waals surface area contributed by atoms with Gasteiger partial charge in [0, 0.05) is 24.2 Å². The lowest BCUT2D eigenvalue weighted by atomic mass is 10.1. The van der Waals surface area contributed by atoms with Crippen LogP contribution in [0.3, 0.4) is 0 Å². The summed E-state index contributed by atoms with van der Waals surface area (Å²) < 4.78 is 54.1. The Hall–Kier alpha value is -3.83. The van der Waals surface area contributed by atoms with Crippen LogP contribution >= 0.6 is 11.6 Å². The van der Waals surface area contributed by atoms with E-state index in [0.717, 1.165) is 16.4 Å². The van der Waals surface area contributed by atoms with Crippen molar-refractivity contribution in [2.45, 2.75) is 44.7 Å². The molecular formula is C31H35ClFN3O6S. The number of rotatable bonds is 12. The summed E-state index contributed by atoms with van der Waals surface area (Å²) in [7, 11) is -4.38. The van der Waals surface area contributed by atoms with Crippen molar-refractivity contribution in [2.75, 3.05) is 30.6 Å². The first-order valence-corrected chi connectivity index (χ1v) is 15.8. The number of carbonyl (C=O) groups is 2. The molecule has 0 spiro atoms. The number of amides is 2. The summed E-state index contributed by atoms with van der Waals surface area (Å²) in [4.78, 5) is 28.6. The molecule has 1 unspecified atom stereocenters. The molecule has 4 rings (SSSR count). The van der Waals surface area contributed by atoms with Crippen LogP contribution in [0, 0.1) is 11.7 Å². The first-order chi connectivity index (χ1) is 20.5. The fourth-order valence-electron chi connectivity index (χ4n) is 4.60. The minimum absolute atomic E-state index is 0.0343. The molecule has 230 valence electrons. The van der Waals surface area contributed by atoms with Gasteiger partial charge in [-0.25, -0.2) is 12.8 Å². The molecular weight excluding hydrogens is 597 g/mol. The summed E-state index contributed by atoms with van der Waals surface area (Å²) in [6.07, 6.45) is 0.269. The second kappa shape index (κ2) is 14.1. The molecule has 0 saturated carbocycles. The maximum atomic E-state index is 14.1. The van der Waals surface area contributed by atoms with E-state index in [1.54, 1.807) is 31.2 Å². The Bertz CT molecular complexity index is 1550. The summed E-state index contributed by atoms with van der Waals surface area (Å²) in [5, 5.41) is 3.28. The van der Waals surface area contributed by atoms with Crippen LogP contribution in [0.15, 0.2) is 71.6 Å². The summed E-state index contributed by atoms with van der Waals surface area (Å²) >= 11 is 6.43. The van der Waals surface area contributed by atoms with Gasteiger partial charge in [-0.3, -0.25) is 13.9 Å². The highest BCUT2D eigenvalue weighted by Crippen LogP contribution is 2.34. The predicted octanol–water partition coefficient (Wildman–Crippen LogP) is 5.03. The van der Waals surface area contributed by atoms with E-state index in [9.17, 15) is 22.4 Å². The molecule has 0 radical (unpaired) electrons. The lowest BCUT2D eigenvalue weighted by Crippen LogP contribution is -2.52. The summed E-state index contributed by atoms with van der Waals surface area (Å²) in [5.41, 5.74) is 0.662. The zero-order chi connectivity index (χ0) is 31.1. The van der Waals surface area contributed by atoms with Crippen LogP contribution in [0.5, 0.6) is 11.5 Å². The van der Waals surface area contributed by atoms with Gasteiger partial charge in [0.1, 0.15) is 31.6 Å². The van der Waals surface area contributed by atoms with Gasteiger partial charge in [0.15, 0.2) is 11.5 Å². The standard InChI is InChI=1S/C31H35ClFN3O6S/c1-4-27(31(38)34-18-21(2)3)35(19-22-7-5-6-8-26(22)32)30(37)20-36(24-11-9-23(33)10-12-24)43(39,40)25-13-14-28-29(17-25)42-16-15-41-28/h5-14,17,21,27H,4,15-16,18-20H2,1-3H3,(H,34,38). The average molecular weight is 632 g/mol. The number of hydrogen-bond donors (Lipinski definition) is 1. The van der Waals surface area contributed by atoms with Gasteiger partial charge in [0.05, 0.1) is 10.6 Å². The monoisotopic (exact) mass is 631 g/mol. The number of nitrogens with one attached hydrogen (secondary N) is 1. The fourth-order valence-corrected chi connectivity index (χ4v) is 6.23. The fraction of sp³-hybridized carbons (Fsp3) is 0.355. The molecule has 1 heterocycles. The summed E-state index contributed by atoms with van der Waals surface area (Å²) in [6.45, 7) is 5.98. The first-order valence-electron chi connectivity index (χ1n) is 14.0. The number of anilines is 1. The van der Waals surface area contributed by atoms with E-state index in [2.05, 4.69) is 5.32 Å². The molecule has 0 saturated heterocycles. The van der Waals surface area contributed by atoms with E-state index in [4.69, 9.17) is 21.1 Å². The molecule has 1 aliphatic rings. The van der Waals surface area contributed by atoms with Gasteiger partial charge in [-0.1, -0.05) is 50.6 Å². The van der Waals surface area contributed by atoms with Crippen LogP contribution in [0.25, 0.3) is 0 Å². The largest absolute Gasteiger partial charge is 0.486 e. The quantitative estimate of drug-likeness (QED) is 0.301. The number of sulfonamides is 1. The predicted molar refractivity (Wildman–Crippen MR) is 162 cm³/mol. The number of nitrogens with zero attached hydrogens (tertiary/aromatic N) is 2. The maximum Gasteiger partial charge on any atom is 0.264 e. The van der Waals surface area contributed by atoms with Crippen LogP contribution in [0.2, 0.25) is 5.02 Å². The number of ether oxygens (including phenoxy) is 2. The van der Waals surface area contributed by atoms with Crippen molar-refractivity contribution in [3.05, 3.63) is 83.1 Å². The molecule has 1 N–H and O–H groups in total. The number of carbonyl (C=O) groups excluding carboxylic acids is 2. The van der Waals surface area contributed by atoms with Crippen LogP contribution in [-0.2, 0) is 26.2 Å². The Morgan fingerprint density at radius 3 is 2.33 bits per heavy atom. The highest BCUT2D eigenvalue weighted by molar-refractivity contribution is 7.92. The van der Waals surface area contributed by atoms with Crippen molar-refractivity contribution >= 4 is 39.1 Å². The van der Waals surface area contributed by atoms with Crippen LogP contribution in [0.4, 0.5) is 10.1 Å². The molecule has 0 fully saturated rings. The smallest absolute Gasteiger partial charge is 0.264 e. The highest BCUT2D eigenvalue weighted by atomic mass is 35.5. The van der Waals surface area contributed by atoms with E-state index >= 15 is 0 Å². The lowest BCUT2D eigenvalue weighted by Gasteiger charge is -2.33. The lowest BCUT2D eigenvalue weighted by molar-refractivity contribution is -0.140. The van der Waals surface area contributed by atoms with Gasteiger partial charge < -0.3 is 19.7 Å². The Morgan fingerprint density at radius 2 is 1.67 bits per heavy atom. The molecule has 1 aliphatic heterocycles. The van der Waals surface area contributed by atoms with Crippen LogP contribution in [-0.4, -0.2) is 57.5 Å². The molecule has 0 bridgehead atoms. The van der Waals surface area contributed by atoms with Crippen molar-refractivity contribution in [3.63, 3.8) is 0 Å². The zero-order valence-electron chi connectivity index (χ0n) is 24.3. The van der Waals surface area contributed by atoms with Crippen molar-refractivity contribution < 1.29 is 31.9 Å². The number of hydrogen-bond acceptors (Lipinski definition) is 6. The summed E-state index contributed by atoms with van der Waals surface area (Å²) in [6, 6.07) is 15.0. The molecule has 0 aliphatic carbocycles. The third kappa shape index (κ3) is 7.77. The topological polar surface area (TPSA) is 105 Å². The van der Waals surface area contributed by atoms with Gasteiger partial charge in [0.2, 0.25) is 11.8 Å². The van der Waals surface area contributed by atoms with E-state index in [1.807, 2.05) is 13.8 Å². The van der Waals surface area contributed by atoms with Crippen molar-refractivity contribution in [1.29, 1.82) is 0 Å². The molecule has 1 atom stereocenters. The zero-order valence-corrected chi connectivity index (χ0v) is 25.8. The SMILES string of the molecule is CCC(C(=O)NCC(C)C)N(Cc1ccccc1Cl)C(=O)CN(c1ccc(F)cc1)S(=O)(=O)c1ccc2c(c1)OCCO2. The van der Waals surface area contributed by atoms with Gasteiger partial charge in [-0.2, -0.15) is 0 Å². The first kappa shape index (κ1) is 32.1. The molecule has 3 aromatic rings. The highest BCUT2D eigenvalue weighted by Gasteiger charge is 2.34. The van der Waals surface area contributed by atoms with E-state index in [1.165, 1.54) is 35.2 Å². The second-order valence-electron chi connectivity index (χ2n) is 10.5. The third-order valence-corrected chi connectivity index (χ3v) is 9.00. The molecule has 0 aromatic heterocycles. The van der Waals surface area contributed by atoms with E-state index in [0.29, 0.717) is 29.5 Å². The minimum atomic E-state index is -4.38. The Morgan fingerprint density at radius 1 is 1.00 bits per heavy atom. The van der Waals surface area contributed by atoms with Gasteiger partial charge in [-0.15, -0.1) is 0 Å². The van der Waals surface area contributed by atoms with Crippen LogP contribution in [0.1, 0.15) is 32.8 Å². The van der Waals surface area contributed by atoms with Gasteiger partial charge >= 0.3 is 0 Å². The molecule has 43 heavy (non-hydrogen) atoms. The molecule has 2 amide bonds. The average Bonchev–Trinajstić information content (AvgIpc) is 2.99. The second-order valence-corrected chi connectivity index (χ2v) is 12.7. The van der Waals surface area contributed by atoms with Gasteiger partial charge in [-0.05, 0) is 60.4 Å².